The summed E-state index contributed by atoms with van der Waals surface area (Å²) in [4.78, 5) is 22.0. The molecule has 5 heteroatoms. The Morgan fingerprint density at radius 2 is 1.77 bits per heavy atom. The molecule has 0 heterocycles. The molecule has 0 aliphatic rings. The molecule has 0 amide bonds. The molecule has 22 heavy (non-hydrogen) atoms. The van der Waals surface area contributed by atoms with E-state index in [1.54, 1.807) is 19.1 Å². The largest absolute Gasteiger partial charge is 0.493 e. The summed E-state index contributed by atoms with van der Waals surface area (Å²) >= 11 is 0. The van der Waals surface area contributed by atoms with Gasteiger partial charge in [-0.3, -0.25) is 0 Å². The van der Waals surface area contributed by atoms with Crippen molar-refractivity contribution in [1.82, 2.24) is 0 Å². The zero-order valence-electron chi connectivity index (χ0n) is 12.8. The molecule has 0 unspecified atom stereocenters. The molecule has 0 aliphatic carbocycles. The molecular formula is C17H20O5. The van der Waals surface area contributed by atoms with Crippen molar-refractivity contribution in [3.8, 4) is 5.75 Å². The van der Waals surface area contributed by atoms with Gasteiger partial charge in [0.15, 0.2) is 0 Å². The maximum atomic E-state index is 11.1. The van der Waals surface area contributed by atoms with Gasteiger partial charge in [0, 0.05) is 18.6 Å². The highest BCUT2D eigenvalue weighted by Gasteiger charge is 1.98. The van der Waals surface area contributed by atoms with Crippen LogP contribution in [0.5, 0.6) is 5.75 Å². The van der Waals surface area contributed by atoms with Crippen molar-refractivity contribution in [1.29, 1.82) is 0 Å². The lowest BCUT2D eigenvalue weighted by Gasteiger charge is -2.06. The lowest BCUT2D eigenvalue weighted by Crippen LogP contribution is -2.06. The number of hydrogen-bond acceptors (Lipinski definition) is 5. The van der Waals surface area contributed by atoms with E-state index in [1.807, 2.05) is 24.3 Å². The molecule has 0 aromatic heterocycles. The summed E-state index contributed by atoms with van der Waals surface area (Å²) in [6, 6.07) is 7.28. The normalized spacial score (nSPS) is 10.8. The molecule has 1 aromatic carbocycles. The van der Waals surface area contributed by atoms with E-state index in [1.165, 1.54) is 19.3 Å². The summed E-state index contributed by atoms with van der Waals surface area (Å²) in [6.07, 6.45) is 6.65. The van der Waals surface area contributed by atoms with Crippen molar-refractivity contribution in [3.63, 3.8) is 0 Å². The van der Waals surface area contributed by atoms with Crippen LogP contribution < -0.4 is 4.74 Å². The van der Waals surface area contributed by atoms with Crippen LogP contribution >= 0.6 is 0 Å². The molecule has 118 valence electrons. The number of benzene rings is 1. The molecule has 0 saturated carbocycles. The van der Waals surface area contributed by atoms with Gasteiger partial charge in [-0.05, 0) is 30.7 Å². The minimum absolute atomic E-state index is 0.323. The quantitative estimate of drug-likeness (QED) is 0.420. The third-order valence-corrected chi connectivity index (χ3v) is 2.60. The Balaban J connectivity index is 2.28. The van der Waals surface area contributed by atoms with E-state index in [-0.39, 0.29) is 5.97 Å². The average molecular weight is 304 g/mol. The fourth-order valence-corrected chi connectivity index (χ4v) is 1.51. The van der Waals surface area contributed by atoms with Gasteiger partial charge < -0.3 is 14.2 Å². The third kappa shape index (κ3) is 7.28. The molecule has 0 fully saturated rings. The van der Waals surface area contributed by atoms with Gasteiger partial charge in [-0.1, -0.05) is 18.2 Å². The van der Waals surface area contributed by atoms with Crippen LogP contribution in [0, 0.1) is 0 Å². The standard InChI is InChI=1S/C17H20O5/c1-3-5-17(19)22-13-4-12-21-15-9-6-14(7-10-15)8-11-16(18)20-2/h3,5-11H,4,12-13H2,1-2H3. The number of methoxy groups -OCH3 is 1. The monoisotopic (exact) mass is 304 g/mol. The highest BCUT2D eigenvalue weighted by Crippen LogP contribution is 2.13. The second kappa shape index (κ2) is 10.2. The Labute approximate surface area is 130 Å². The van der Waals surface area contributed by atoms with Gasteiger partial charge in [-0.2, -0.15) is 0 Å². The first-order chi connectivity index (χ1) is 10.7. The van der Waals surface area contributed by atoms with Gasteiger partial charge in [0.2, 0.25) is 0 Å². The fraction of sp³-hybridized carbons (Fsp3) is 0.294. The number of carbonyl (C=O) groups excluding carboxylic acids is 2. The number of carbonyl (C=O) groups is 2. The summed E-state index contributed by atoms with van der Waals surface area (Å²) in [5.74, 6) is -0.0213. The number of rotatable bonds is 8. The van der Waals surface area contributed by atoms with E-state index in [2.05, 4.69) is 4.74 Å². The van der Waals surface area contributed by atoms with E-state index >= 15 is 0 Å². The number of esters is 2. The van der Waals surface area contributed by atoms with E-state index in [9.17, 15) is 9.59 Å². The predicted molar refractivity (Wildman–Crippen MR) is 83.4 cm³/mol. The van der Waals surface area contributed by atoms with Gasteiger partial charge in [-0.15, -0.1) is 0 Å². The molecule has 0 radical (unpaired) electrons. The summed E-state index contributed by atoms with van der Waals surface area (Å²) in [5.41, 5.74) is 0.873. The van der Waals surface area contributed by atoms with E-state index < -0.39 is 5.97 Å². The fourth-order valence-electron chi connectivity index (χ4n) is 1.51. The molecule has 1 aromatic rings. The Morgan fingerprint density at radius 1 is 1.05 bits per heavy atom. The zero-order chi connectivity index (χ0) is 16.2. The number of ether oxygens (including phenoxy) is 3. The van der Waals surface area contributed by atoms with Crippen LogP contribution in [0.4, 0.5) is 0 Å². The predicted octanol–water partition coefficient (Wildman–Crippen LogP) is 2.76. The van der Waals surface area contributed by atoms with Gasteiger partial charge in [0.1, 0.15) is 5.75 Å². The van der Waals surface area contributed by atoms with Crippen LogP contribution in [0.15, 0.2) is 42.5 Å². The molecular weight excluding hydrogens is 284 g/mol. The molecule has 5 nitrogen and oxygen atoms in total. The van der Waals surface area contributed by atoms with Crippen molar-refractivity contribution in [2.24, 2.45) is 0 Å². The van der Waals surface area contributed by atoms with Crippen molar-refractivity contribution in [3.05, 3.63) is 48.1 Å². The molecule has 1 rings (SSSR count). The zero-order valence-corrected chi connectivity index (χ0v) is 12.8. The summed E-state index contributed by atoms with van der Waals surface area (Å²) in [7, 11) is 1.33. The SMILES string of the molecule is CC=CC(=O)OCCCOc1ccc(C=CC(=O)OC)cc1. The lowest BCUT2D eigenvalue weighted by atomic mass is 10.2. The first-order valence-corrected chi connectivity index (χ1v) is 6.94. The highest BCUT2D eigenvalue weighted by molar-refractivity contribution is 5.86. The molecule has 0 aliphatic heterocycles. The minimum atomic E-state index is -0.396. The van der Waals surface area contributed by atoms with Gasteiger partial charge in [0.25, 0.3) is 0 Å². The van der Waals surface area contributed by atoms with Gasteiger partial charge in [0.05, 0.1) is 20.3 Å². The number of hydrogen-bond donors (Lipinski definition) is 0. The topological polar surface area (TPSA) is 61.8 Å². The maximum Gasteiger partial charge on any atom is 0.330 e. The van der Waals surface area contributed by atoms with Crippen molar-refractivity contribution < 1.29 is 23.8 Å². The van der Waals surface area contributed by atoms with Gasteiger partial charge in [-0.25, -0.2) is 9.59 Å². The minimum Gasteiger partial charge on any atom is -0.493 e. The van der Waals surface area contributed by atoms with Crippen LogP contribution in [-0.4, -0.2) is 32.3 Å². The highest BCUT2D eigenvalue weighted by atomic mass is 16.5. The maximum absolute atomic E-state index is 11.1. The second-order valence-corrected chi connectivity index (χ2v) is 4.30. The van der Waals surface area contributed by atoms with E-state index in [0.29, 0.717) is 19.6 Å². The summed E-state index contributed by atoms with van der Waals surface area (Å²) in [6.45, 7) is 2.54. The van der Waals surface area contributed by atoms with Gasteiger partial charge >= 0.3 is 11.9 Å². The average Bonchev–Trinajstić information content (AvgIpc) is 2.53. The Kier molecular flexibility index (Phi) is 8.12. The first-order valence-electron chi connectivity index (χ1n) is 6.94. The molecule has 0 bridgehead atoms. The Bertz CT molecular complexity index is 528. The molecule has 0 saturated heterocycles. The van der Waals surface area contributed by atoms with Crippen molar-refractivity contribution >= 4 is 18.0 Å². The summed E-state index contributed by atoms with van der Waals surface area (Å²) < 4.78 is 15.0. The van der Waals surface area contributed by atoms with Crippen molar-refractivity contribution in [2.75, 3.05) is 20.3 Å². The second-order valence-electron chi connectivity index (χ2n) is 4.30. The van der Waals surface area contributed by atoms with Crippen LogP contribution in [0.1, 0.15) is 18.9 Å². The first kappa shape index (κ1) is 17.5. The number of allylic oxidation sites excluding steroid dienone is 1. The lowest BCUT2D eigenvalue weighted by molar-refractivity contribution is -0.138. The summed E-state index contributed by atoms with van der Waals surface area (Å²) in [5, 5.41) is 0. The molecule has 0 spiro atoms. The Morgan fingerprint density at radius 3 is 2.41 bits per heavy atom. The third-order valence-electron chi connectivity index (χ3n) is 2.60. The molecule has 0 atom stereocenters. The van der Waals surface area contributed by atoms with Crippen LogP contribution in [0.3, 0.4) is 0 Å². The Hall–Kier alpha value is -2.56. The van der Waals surface area contributed by atoms with E-state index in [0.717, 1.165) is 11.3 Å². The van der Waals surface area contributed by atoms with Crippen molar-refractivity contribution in [2.45, 2.75) is 13.3 Å². The van der Waals surface area contributed by atoms with E-state index in [4.69, 9.17) is 9.47 Å². The smallest absolute Gasteiger partial charge is 0.330 e. The molecule has 0 N–H and O–H groups in total. The van der Waals surface area contributed by atoms with Crippen LogP contribution in [-0.2, 0) is 19.1 Å². The van der Waals surface area contributed by atoms with Crippen LogP contribution in [0.2, 0.25) is 0 Å². The van der Waals surface area contributed by atoms with Crippen LogP contribution in [0.25, 0.3) is 6.08 Å².